The van der Waals surface area contributed by atoms with E-state index < -0.39 is 0 Å². The molecule has 0 unspecified atom stereocenters. The summed E-state index contributed by atoms with van der Waals surface area (Å²) in [4.78, 5) is 20.0. The Morgan fingerprint density at radius 1 is 1.32 bits per heavy atom. The van der Waals surface area contributed by atoms with Gasteiger partial charge in [0.2, 0.25) is 0 Å². The van der Waals surface area contributed by atoms with Gasteiger partial charge in [-0.15, -0.1) is 5.10 Å². The maximum absolute atomic E-state index is 13.5. The van der Waals surface area contributed by atoms with Crippen LogP contribution in [0.5, 0.6) is 0 Å². The number of nitrogens with zero attached hydrogens (tertiary/aromatic N) is 5. The maximum Gasteiger partial charge on any atom is 0.254 e. The molecule has 5 rings (SSSR count). The first-order valence-corrected chi connectivity index (χ1v) is 9.84. The lowest BCUT2D eigenvalue weighted by Gasteiger charge is -2.41. The summed E-state index contributed by atoms with van der Waals surface area (Å²) in [5.74, 6) is 0.0504. The predicted molar refractivity (Wildman–Crippen MR) is 104 cm³/mol. The number of benzene rings is 1. The molecule has 2 atom stereocenters. The zero-order chi connectivity index (χ0) is 19.3. The summed E-state index contributed by atoms with van der Waals surface area (Å²) in [7, 11) is 0. The molecule has 28 heavy (non-hydrogen) atoms. The second-order valence-electron chi connectivity index (χ2n) is 7.64. The number of piperidine rings is 1. The molecule has 3 aromatic rings. The van der Waals surface area contributed by atoms with E-state index in [2.05, 4.69) is 34.4 Å². The number of hydrogen-bond acceptors (Lipinski definition) is 5. The lowest BCUT2D eigenvalue weighted by atomic mass is 9.98. The standard InChI is InChI=1S/C21H23N5O2/c1-3-14-4-5-18-16(9-14)17(8-13(2)23-18)21(27)25-7-6-20-19(11-25)26-15(12-28-20)10-22-24-26/h4-5,8-10,19-20H,3,6-7,11-12H2,1-2H3/t19-,20+/m1/s1. The molecule has 0 saturated carbocycles. The van der Waals surface area contributed by atoms with Crippen molar-refractivity contribution in [2.45, 2.75) is 45.4 Å². The van der Waals surface area contributed by atoms with Crippen LogP contribution in [-0.2, 0) is 17.8 Å². The van der Waals surface area contributed by atoms with Crippen molar-refractivity contribution in [2.24, 2.45) is 0 Å². The molecule has 7 nitrogen and oxygen atoms in total. The van der Waals surface area contributed by atoms with Crippen LogP contribution in [0.4, 0.5) is 0 Å². The smallest absolute Gasteiger partial charge is 0.254 e. The van der Waals surface area contributed by atoms with Gasteiger partial charge >= 0.3 is 0 Å². The fraction of sp³-hybridized carbons (Fsp3) is 0.429. The SMILES string of the molecule is CCc1ccc2nc(C)cc(C(=O)N3CC[C@@H]4OCc5cnnn5[C@@H]4C3)c2c1. The fourth-order valence-electron chi connectivity index (χ4n) is 4.34. The van der Waals surface area contributed by atoms with Gasteiger partial charge in [0.25, 0.3) is 5.91 Å². The summed E-state index contributed by atoms with van der Waals surface area (Å²) in [6.45, 7) is 5.85. The van der Waals surface area contributed by atoms with Gasteiger partial charge in [0.1, 0.15) is 0 Å². The van der Waals surface area contributed by atoms with Crippen molar-refractivity contribution in [1.82, 2.24) is 24.9 Å². The quantitative estimate of drug-likeness (QED) is 0.687. The Hall–Kier alpha value is -2.80. The molecular formula is C21H23N5O2. The van der Waals surface area contributed by atoms with Gasteiger partial charge in [0.05, 0.1) is 41.7 Å². The predicted octanol–water partition coefficient (Wildman–Crippen LogP) is 2.68. The Kier molecular flexibility index (Phi) is 4.12. The minimum atomic E-state index is 0.0179. The summed E-state index contributed by atoms with van der Waals surface area (Å²) in [6, 6.07) is 8.13. The number of aromatic nitrogens is 4. The zero-order valence-corrected chi connectivity index (χ0v) is 16.1. The van der Waals surface area contributed by atoms with Crippen LogP contribution in [0.25, 0.3) is 10.9 Å². The summed E-state index contributed by atoms with van der Waals surface area (Å²) in [5.41, 5.74) is 4.63. The Balaban J connectivity index is 1.50. The molecule has 1 fully saturated rings. The highest BCUT2D eigenvalue weighted by molar-refractivity contribution is 6.06. The molecule has 0 N–H and O–H groups in total. The lowest BCUT2D eigenvalue weighted by molar-refractivity contribution is -0.0604. The van der Waals surface area contributed by atoms with Crippen molar-refractivity contribution in [2.75, 3.05) is 13.1 Å². The Morgan fingerprint density at radius 2 is 2.21 bits per heavy atom. The van der Waals surface area contributed by atoms with Gasteiger partial charge in [-0.1, -0.05) is 18.2 Å². The summed E-state index contributed by atoms with van der Waals surface area (Å²) >= 11 is 0. The number of aryl methyl sites for hydroxylation is 2. The van der Waals surface area contributed by atoms with Crippen LogP contribution >= 0.6 is 0 Å². The van der Waals surface area contributed by atoms with Gasteiger partial charge in [-0.2, -0.15) is 0 Å². The molecule has 0 radical (unpaired) electrons. The average molecular weight is 377 g/mol. The van der Waals surface area contributed by atoms with E-state index in [0.29, 0.717) is 19.7 Å². The van der Waals surface area contributed by atoms with E-state index in [1.54, 1.807) is 6.20 Å². The number of hydrogen-bond donors (Lipinski definition) is 0. The molecule has 4 heterocycles. The topological polar surface area (TPSA) is 73.1 Å². The molecule has 2 aromatic heterocycles. The van der Waals surface area contributed by atoms with Gasteiger partial charge in [-0.05, 0) is 43.5 Å². The zero-order valence-electron chi connectivity index (χ0n) is 16.1. The van der Waals surface area contributed by atoms with E-state index in [-0.39, 0.29) is 18.1 Å². The van der Waals surface area contributed by atoms with Crippen molar-refractivity contribution in [3.63, 3.8) is 0 Å². The van der Waals surface area contributed by atoms with E-state index in [9.17, 15) is 4.79 Å². The molecule has 0 aliphatic carbocycles. The second-order valence-corrected chi connectivity index (χ2v) is 7.64. The van der Waals surface area contributed by atoms with Crippen LogP contribution in [0.3, 0.4) is 0 Å². The third-order valence-electron chi connectivity index (χ3n) is 5.86. The number of likely N-dealkylation sites (tertiary alicyclic amines) is 1. The van der Waals surface area contributed by atoms with Crippen LogP contribution in [-0.4, -0.2) is 50.0 Å². The monoisotopic (exact) mass is 377 g/mol. The highest BCUT2D eigenvalue weighted by atomic mass is 16.5. The van der Waals surface area contributed by atoms with E-state index in [0.717, 1.165) is 40.7 Å². The Labute approximate surface area is 163 Å². The summed E-state index contributed by atoms with van der Waals surface area (Å²) in [5, 5.41) is 9.18. The van der Waals surface area contributed by atoms with Crippen molar-refractivity contribution >= 4 is 16.8 Å². The molecular weight excluding hydrogens is 354 g/mol. The lowest BCUT2D eigenvalue weighted by Crippen LogP contribution is -2.50. The molecule has 0 spiro atoms. The molecule has 144 valence electrons. The average Bonchev–Trinajstić information content (AvgIpc) is 3.21. The molecule has 1 saturated heterocycles. The molecule has 1 aromatic carbocycles. The van der Waals surface area contributed by atoms with E-state index in [1.165, 1.54) is 5.56 Å². The number of carbonyl (C=O) groups is 1. The van der Waals surface area contributed by atoms with E-state index in [1.807, 2.05) is 28.6 Å². The molecule has 0 bridgehead atoms. The highest BCUT2D eigenvalue weighted by Gasteiger charge is 2.38. The first-order chi connectivity index (χ1) is 13.6. The molecule has 7 heteroatoms. The first kappa shape index (κ1) is 17.3. The third-order valence-corrected chi connectivity index (χ3v) is 5.86. The number of rotatable bonds is 2. The number of carbonyl (C=O) groups excluding carboxylic acids is 1. The minimum Gasteiger partial charge on any atom is -0.370 e. The normalized spacial score (nSPS) is 21.4. The number of fused-ring (bicyclic) bond motifs is 4. The fourth-order valence-corrected chi connectivity index (χ4v) is 4.34. The van der Waals surface area contributed by atoms with Gasteiger partial charge in [0, 0.05) is 24.2 Å². The van der Waals surface area contributed by atoms with Gasteiger partial charge in [-0.25, -0.2) is 4.68 Å². The third kappa shape index (κ3) is 2.77. The van der Waals surface area contributed by atoms with Crippen molar-refractivity contribution < 1.29 is 9.53 Å². The van der Waals surface area contributed by atoms with E-state index in [4.69, 9.17) is 4.74 Å². The molecule has 2 aliphatic heterocycles. The van der Waals surface area contributed by atoms with Crippen LogP contribution in [0.15, 0.2) is 30.5 Å². The highest BCUT2D eigenvalue weighted by Crippen LogP contribution is 2.31. The summed E-state index contributed by atoms with van der Waals surface area (Å²) < 4.78 is 7.90. The second kappa shape index (κ2) is 6.67. The first-order valence-electron chi connectivity index (χ1n) is 9.84. The van der Waals surface area contributed by atoms with Crippen LogP contribution in [0, 0.1) is 6.92 Å². The van der Waals surface area contributed by atoms with Crippen molar-refractivity contribution in [1.29, 1.82) is 0 Å². The largest absolute Gasteiger partial charge is 0.370 e. The van der Waals surface area contributed by atoms with Crippen molar-refractivity contribution in [3.05, 3.63) is 53.0 Å². The van der Waals surface area contributed by atoms with Crippen LogP contribution in [0.1, 0.15) is 46.7 Å². The maximum atomic E-state index is 13.5. The minimum absolute atomic E-state index is 0.0179. The van der Waals surface area contributed by atoms with Crippen LogP contribution < -0.4 is 0 Å². The molecule has 1 amide bonds. The number of amides is 1. The Bertz CT molecular complexity index is 1060. The van der Waals surface area contributed by atoms with E-state index >= 15 is 0 Å². The Morgan fingerprint density at radius 3 is 3.07 bits per heavy atom. The van der Waals surface area contributed by atoms with Gasteiger partial charge < -0.3 is 9.64 Å². The van der Waals surface area contributed by atoms with Gasteiger partial charge in [-0.3, -0.25) is 9.78 Å². The summed E-state index contributed by atoms with van der Waals surface area (Å²) in [6.07, 6.45) is 3.55. The van der Waals surface area contributed by atoms with Crippen molar-refractivity contribution in [3.8, 4) is 0 Å². The van der Waals surface area contributed by atoms with Gasteiger partial charge in [0.15, 0.2) is 0 Å². The molecule has 2 aliphatic rings. The number of pyridine rings is 1. The number of ether oxygens (including phenoxy) is 1. The van der Waals surface area contributed by atoms with Crippen LogP contribution in [0.2, 0.25) is 0 Å².